The van der Waals surface area contributed by atoms with Gasteiger partial charge in [0.05, 0.1) is 22.9 Å². The van der Waals surface area contributed by atoms with Crippen molar-refractivity contribution in [3.8, 4) is 6.07 Å². The molecule has 0 saturated carbocycles. The van der Waals surface area contributed by atoms with Crippen LogP contribution in [0.5, 0.6) is 0 Å². The van der Waals surface area contributed by atoms with E-state index in [1.54, 1.807) is 17.9 Å². The maximum atomic E-state index is 13.3. The Bertz CT molecular complexity index is 1060. The number of carbonyl (C=O) groups is 1. The second-order valence-electron chi connectivity index (χ2n) is 7.07. The summed E-state index contributed by atoms with van der Waals surface area (Å²) >= 11 is 5.48. The molecule has 142 valence electrons. The number of anilines is 1. The van der Waals surface area contributed by atoms with Gasteiger partial charge < -0.3 is 4.90 Å². The van der Waals surface area contributed by atoms with Gasteiger partial charge in [0, 0.05) is 13.0 Å². The third kappa shape index (κ3) is 2.58. The van der Waals surface area contributed by atoms with Crippen LogP contribution in [0.25, 0.3) is 0 Å². The van der Waals surface area contributed by atoms with Gasteiger partial charge in [0.1, 0.15) is 5.54 Å². The predicted octanol–water partition coefficient (Wildman–Crippen LogP) is 4.03. The summed E-state index contributed by atoms with van der Waals surface area (Å²) in [6.45, 7) is 2.17. The Morgan fingerprint density at radius 2 is 1.86 bits per heavy atom. The van der Waals surface area contributed by atoms with E-state index in [0.717, 1.165) is 28.2 Å². The van der Waals surface area contributed by atoms with Gasteiger partial charge in [-0.1, -0.05) is 24.3 Å². The first-order chi connectivity index (χ1) is 13.2. The fourth-order valence-corrected chi connectivity index (χ4v) is 4.30. The van der Waals surface area contributed by atoms with Gasteiger partial charge in [-0.2, -0.15) is 18.4 Å². The van der Waals surface area contributed by atoms with Crippen LogP contribution in [0.4, 0.5) is 18.9 Å². The molecule has 0 aliphatic carbocycles. The molecule has 2 aromatic rings. The summed E-state index contributed by atoms with van der Waals surface area (Å²) in [5.41, 5.74) is -0.465. The average Bonchev–Trinajstić information content (AvgIpc) is 2.84. The fraction of sp³-hybridized carbons (Fsp3) is 0.250. The van der Waals surface area contributed by atoms with Crippen molar-refractivity contribution in [2.24, 2.45) is 0 Å². The second-order valence-corrected chi connectivity index (χ2v) is 7.43. The van der Waals surface area contributed by atoms with Crippen molar-refractivity contribution in [2.45, 2.75) is 31.6 Å². The quantitative estimate of drug-likeness (QED) is 0.677. The van der Waals surface area contributed by atoms with Gasteiger partial charge in [-0.25, -0.2) is 0 Å². The van der Waals surface area contributed by atoms with Crippen LogP contribution >= 0.6 is 12.2 Å². The van der Waals surface area contributed by atoms with Gasteiger partial charge in [-0.05, 0) is 48.5 Å². The molecule has 1 atom stereocenters. The lowest BCUT2D eigenvalue weighted by molar-refractivity contribution is -0.137. The highest BCUT2D eigenvalue weighted by Gasteiger charge is 2.54. The molecule has 0 spiro atoms. The number of nitrogens with zero attached hydrogens (tertiary/aromatic N) is 3. The van der Waals surface area contributed by atoms with E-state index < -0.39 is 22.8 Å². The Kier molecular flexibility index (Phi) is 3.98. The van der Waals surface area contributed by atoms with E-state index in [-0.39, 0.29) is 16.7 Å². The third-order valence-electron chi connectivity index (χ3n) is 5.35. The first-order valence-corrected chi connectivity index (χ1v) is 8.92. The highest BCUT2D eigenvalue weighted by molar-refractivity contribution is 7.80. The number of fused-ring (bicyclic) bond motifs is 2. The molecule has 0 radical (unpaired) electrons. The zero-order valence-corrected chi connectivity index (χ0v) is 15.6. The lowest BCUT2D eigenvalue weighted by Gasteiger charge is -2.38. The van der Waals surface area contributed by atoms with Crippen LogP contribution in [0.1, 0.15) is 29.2 Å². The van der Waals surface area contributed by atoms with Crippen molar-refractivity contribution >= 4 is 28.9 Å². The minimum atomic E-state index is -4.71. The lowest BCUT2D eigenvalue weighted by atomic mass is 9.85. The number of halogens is 3. The number of hydrogen-bond donors (Lipinski definition) is 0. The predicted molar refractivity (Wildman–Crippen MR) is 100 cm³/mol. The summed E-state index contributed by atoms with van der Waals surface area (Å²) in [6, 6.07) is 12.4. The molecule has 4 nitrogen and oxygen atoms in total. The standard InChI is InChI=1S/C20H14F3N3OS/c1-19-9-12-4-2-3-5-14(12)11-25(19)18(28)26(17(19)27)15-7-6-13(10-24)16(8-15)20(21,22)23/h2-8H,9,11H2,1H3. The number of carbonyl (C=O) groups excluding carboxylic acids is 1. The Morgan fingerprint density at radius 3 is 2.50 bits per heavy atom. The number of hydrogen-bond acceptors (Lipinski definition) is 3. The van der Waals surface area contributed by atoms with E-state index >= 15 is 0 Å². The smallest absolute Gasteiger partial charge is 0.329 e. The zero-order chi connectivity index (χ0) is 20.3. The topological polar surface area (TPSA) is 47.3 Å². The van der Waals surface area contributed by atoms with Crippen LogP contribution in [-0.4, -0.2) is 21.5 Å². The number of rotatable bonds is 1. The van der Waals surface area contributed by atoms with Crippen molar-refractivity contribution in [3.63, 3.8) is 0 Å². The van der Waals surface area contributed by atoms with E-state index in [0.29, 0.717) is 13.0 Å². The van der Waals surface area contributed by atoms with E-state index in [1.807, 2.05) is 24.3 Å². The minimum Gasteiger partial charge on any atom is -0.329 e. The van der Waals surface area contributed by atoms with Crippen molar-refractivity contribution in [1.29, 1.82) is 5.26 Å². The third-order valence-corrected chi connectivity index (χ3v) is 5.75. The molecule has 2 aromatic carbocycles. The van der Waals surface area contributed by atoms with Crippen molar-refractivity contribution in [3.05, 3.63) is 64.7 Å². The molecule has 0 aromatic heterocycles. The highest BCUT2D eigenvalue weighted by Crippen LogP contribution is 2.41. The molecule has 2 aliphatic rings. The Morgan fingerprint density at radius 1 is 1.18 bits per heavy atom. The van der Waals surface area contributed by atoms with Gasteiger partial charge in [0.15, 0.2) is 5.11 Å². The van der Waals surface area contributed by atoms with Crippen LogP contribution in [0.2, 0.25) is 0 Å². The largest absolute Gasteiger partial charge is 0.417 e. The summed E-state index contributed by atoms with van der Waals surface area (Å²) < 4.78 is 40.0. The lowest BCUT2D eigenvalue weighted by Crippen LogP contribution is -2.51. The highest BCUT2D eigenvalue weighted by atomic mass is 32.1. The number of amides is 1. The number of nitriles is 1. The molecule has 2 heterocycles. The molecule has 1 fully saturated rings. The molecular weight excluding hydrogens is 387 g/mol. The zero-order valence-electron chi connectivity index (χ0n) is 14.7. The average molecular weight is 401 g/mol. The van der Waals surface area contributed by atoms with Crippen molar-refractivity contribution in [2.75, 3.05) is 4.90 Å². The number of thiocarbonyl (C=S) groups is 1. The molecule has 1 unspecified atom stereocenters. The number of alkyl halides is 3. The summed E-state index contributed by atoms with van der Waals surface area (Å²) in [5, 5.41) is 9.15. The van der Waals surface area contributed by atoms with Crippen LogP contribution < -0.4 is 4.90 Å². The van der Waals surface area contributed by atoms with E-state index in [4.69, 9.17) is 17.5 Å². The molecule has 2 aliphatic heterocycles. The summed E-state index contributed by atoms with van der Waals surface area (Å²) in [4.78, 5) is 16.2. The molecule has 4 rings (SSSR count). The Labute approximate surface area is 164 Å². The minimum absolute atomic E-state index is 0.0148. The van der Waals surface area contributed by atoms with E-state index in [2.05, 4.69) is 0 Å². The summed E-state index contributed by atoms with van der Waals surface area (Å²) in [7, 11) is 0. The molecule has 0 N–H and O–H groups in total. The molecule has 1 saturated heterocycles. The van der Waals surface area contributed by atoms with Crippen LogP contribution in [0, 0.1) is 11.3 Å². The van der Waals surface area contributed by atoms with Gasteiger partial charge in [-0.3, -0.25) is 9.69 Å². The Balaban J connectivity index is 1.79. The van der Waals surface area contributed by atoms with Gasteiger partial charge >= 0.3 is 6.18 Å². The molecule has 8 heteroatoms. The maximum absolute atomic E-state index is 13.3. The van der Waals surface area contributed by atoms with E-state index in [1.165, 1.54) is 6.07 Å². The van der Waals surface area contributed by atoms with Crippen LogP contribution in [-0.2, 0) is 23.9 Å². The molecule has 28 heavy (non-hydrogen) atoms. The van der Waals surface area contributed by atoms with Gasteiger partial charge in [-0.15, -0.1) is 0 Å². The van der Waals surface area contributed by atoms with E-state index in [9.17, 15) is 18.0 Å². The van der Waals surface area contributed by atoms with Crippen molar-refractivity contribution < 1.29 is 18.0 Å². The first kappa shape index (κ1) is 18.4. The van der Waals surface area contributed by atoms with Gasteiger partial charge in [0.2, 0.25) is 0 Å². The Hall–Kier alpha value is -2.92. The fourth-order valence-electron chi connectivity index (χ4n) is 3.84. The second kappa shape index (κ2) is 6.04. The monoisotopic (exact) mass is 401 g/mol. The maximum Gasteiger partial charge on any atom is 0.417 e. The normalized spacial score (nSPS) is 21.4. The van der Waals surface area contributed by atoms with Crippen LogP contribution in [0.3, 0.4) is 0 Å². The molecular formula is C20H14F3N3OS. The summed E-state index contributed by atoms with van der Waals surface area (Å²) in [5.74, 6) is -0.371. The summed E-state index contributed by atoms with van der Waals surface area (Å²) in [6.07, 6.45) is -4.29. The molecule has 0 bridgehead atoms. The first-order valence-electron chi connectivity index (χ1n) is 8.51. The number of benzene rings is 2. The SMILES string of the molecule is CC12Cc3ccccc3CN1C(=S)N(c1ccc(C#N)c(C(F)(F)F)c1)C2=O. The van der Waals surface area contributed by atoms with Crippen molar-refractivity contribution in [1.82, 2.24) is 4.90 Å². The van der Waals surface area contributed by atoms with Gasteiger partial charge in [0.25, 0.3) is 5.91 Å². The molecule has 1 amide bonds. The van der Waals surface area contributed by atoms with Crippen LogP contribution in [0.15, 0.2) is 42.5 Å².